The number of piperidine rings is 1. The Morgan fingerprint density at radius 2 is 2.03 bits per heavy atom. The first-order valence-electron chi connectivity index (χ1n) is 12.0. The Bertz CT molecular complexity index is 1590. The van der Waals surface area contributed by atoms with Gasteiger partial charge in [-0.1, -0.05) is 5.92 Å². The van der Waals surface area contributed by atoms with Crippen LogP contribution in [-0.2, 0) is 20.1 Å². The Hall–Kier alpha value is -4.35. The summed E-state index contributed by atoms with van der Waals surface area (Å²) in [5.41, 5.74) is 6.39. The van der Waals surface area contributed by atoms with Crippen LogP contribution in [0.3, 0.4) is 0 Å². The maximum atomic E-state index is 14.0. The molecule has 0 aliphatic carbocycles. The van der Waals surface area contributed by atoms with Gasteiger partial charge in [0.1, 0.15) is 23.0 Å². The lowest BCUT2D eigenvalue weighted by molar-refractivity contribution is 0.0829. The van der Waals surface area contributed by atoms with Crippen molar-refractivity contribution in [3.63, 3.8) is 0 Å². The molecule has 0 unspecified atom stereocenters. The third-order valence-electron chi connectivity index (χ3n) is 6.62. The van der Waals surface area contributed by atoms with Crippen molar-refractivity contribution in [2.75, 3.05) is 32.1 Å². The van der Waals surface area contributed by atoms with E-state index < -0.39 is 11.2 Å². The maximum absolute atomic E-state index is 14.0. The van der Waals surface area contributed by atoms with Crippen LogP contribution in [0.15, 0.2) is 27.9 Å². The molecule has 0 radical (unpaired) electrons. The number of hydrogen-bond donors (Lipinski definition) is 1. The van der Waals surface area contributed by atoms with Crippen LogP contribution in [0.4, 0.5) is 5.82 Å². The van der Waals surface area contributed by atoms with Crippen LogP contribution in [0.25, 0.3) is 11.0 Å². The largest absolute Gasteiger partial charge is 0.356 e. The van der Waals surface area contributed by atoms with Gasteiger partial charge in [-0.05, 0) is 31.9 Å². The molecule has 3 aromatic rings. The summed E-state index contributed by atoms with van der Waals surface area (Å²) in [7, 11) is 4.80. The van der Waals surface area contributed by atoms with Crippen molar-refractivity contribution in [3.05, 3.63) is 56.0 Å². The zero-order valence-corrected chi connectivity index (χ0v) is 21.5. The Labute approximate surface area is 214 Å². The van der Waals surface area contributed by atoms with E-state index in [4.69, 9.17) is 5.73 Å². The molecule has 1 atom stereocenters. The molecule has 37 heavy (non-hydrogen) atoms. The van der Waals surface area contributed by atoms with E-state index >= 15 is 0 Å². The fraction of sp³-hybridized carbons (Fsp3) is 0.423. The predicted octanol–water partition coefficient (Wildman–Crippen LogP) is 0.469. The van der Waals surface area contributed by atoms with Crippen molar-refractivity contribution in [2.45, 2.75) is 38.9 Å². The van der Waals surface area contributed by atoms with Crippen LogP contribution in [0.1, 0.15) is 41.4 Å². The van der Waals surface area contributed by atoms with E-state index in [1.165, 1.54) is 22.7 Å². The second-order valence-corrected chi connectivity index (χ2v) is 9.30. The first-order valence-corrected chi connectivity index (χ1v) is 12.0. The summed E-state index contributed by atoms with van der Waals surface area (Å²) < 4.78 is 4.10. The van der Waals surface area contributed by atoms with Gasteiger partial charge in [-0.15, -0.1) is 5.92 Å². The average molecular weight is 503 g/mol. The highest BCUT2D eigenvalue weighted by molar-refractivity contribution is 6.10. The molecule has 0 bridgehead atoms. The van der Waals surface area contributed by atoms with Gasteiger partial charge in [0.2, 0.25) is 0 Å². The van der Waals surface area contributed by atoms with Crippen molar-refractivity contribution < 1.29 is 4.79 Å². The molecule has 1 aliphatic heterocycles. The van der Waals surface area contributed by atoms with Crippen molar-refractivity contribution in [2.24, 2.45) is 12.8 Å². The molecule has 0 saturated carbocycles. The standard InChI is InChI=1S/C26H30N8O3/c1-5-6-13-33-22-21(20(24(35)30(2)3)23(33)32-12-8-10-18(28)15-32)31(4)26(37)34(25(22)36)16-19-17(14-27)9-7-11-29-19/h7,9,11,18H,8,10,12-13,15-16,28H2,1-4H3/t18-/m1/s1. The number of pyridine rings is 1. The normalized spacial score (nSPS) is 15.2. The van der Waals surface area contributed by atoms with E-state index in [0.29, 0.717) is 24.6 Å². The highest BCUT2D eigenvalue weighted by Gasteiger charge is 2.33. The Morgan fingerprint density at radius 1 is 1.27 bits per heavy atom. The highest BCUT2D eigenvalue weighted by atomic mass is 16.2. The van der Waals surface area contributed by atoms with Crippen LogP contribution >= 0.6 is 0 Å². The van der Waals surface area contributed by atoms with E-state index in [-0.39, 0.29) is 47.2 Å². The minimum absolute atomic E-state index is 0.0891. The number of carbonyl (C=O) groups is 1. The van der Waals surface area contributed by atoms with E-state index in [0.717, 1.165) is 17.4 Å². The van der Waals surface area contributed by atoms with Crippen molar-refractivity contribution in [3.8, 4) is 17.9 Å². The zero-order valence-electron chi connectivity index (χ0n) is 21.5. The highest BCUT2D eigenvalue weighted by Crippen LogP contribution is 2.33. The second-order valence-electron chi connectivity index (χ2n) is 9.30. The Morgan fingerprint density at radius 3 is 2.68 bits per heavy atom. The molecule has 192 valence electrons. The number of anilines is 1. The minimum Gasteiger partial charge on any atom is -0.356 e. The second kappa shape index (κ2) is 10.3. The summed E-state index contributed by atoms with van der Waals surface area (Å²) in [5, 5.41) is 9.48. The summed E-state index contributed by atoms with van der Waals surface area (Å²) in [6, 6.07) is 5.17. The first kappa shape index (κ1) is 25.7. The fourth-order valence-corrected chi connectivity index (χ4v) is 4.85. The molecule has 1 fully saturated rings. The predicted molar refractivity (Wildman–Crippen MR) is 140 cm³/mol. The number of fused-ring (bicyclic) bond motifs is 1. The molecule has 4 rings (SSSR count). The number of rotatable bonds is 5. The lowest BCUT2D eigenvalue weighted by atomic mass is 10.1. The van der Waals surface area contributed by atoms with Gasteiger partial charge in [0, 0.05) is 46.5 Å². The SMILES string of the molecule is CC#CCn1c(N2CCC[C@@H](N)C2)c(C(=O)N(C)C)c2c1c(=O)n(Cc1ncccc1C#N)c(=O)n2C. The number of aryl methyl sites for hydroxylation is 1. The van der Waals surface area contributed by atoms with Gasteiger partial charge in [0.25, 0.3) is 11.5 Å². The molecule has 2 N–H and O–H groups in total. The summed E-state index contributed by atoms with van der Waals surface area (Å²) in [5.74, 6) is 6.09. The van der Waals surface area contributed by atoms with Crippen LogP contribution < -0.4 is 21.9 Å². The van der Waals surface area contributed by atoms with Gasteiger partial charge in [-0.25, -0.2) is 4.79 Å². The fourth-order valence-electron chi connectivity index (χ4n) is 4.85. The summed E-state index contributed by atoms with van der Waals surface area (Å²) in [4.78, 5) is 48.8. The first-order chi connectivity index (χ1) is 17.7. The summed E-state index contributed by atoms with van der Waals surface area (Å²) in [6.45, 7) is 2.82. The molecule has 1 aliphatic rings. The van der Waals surface area contributed by atoms with Gasteiger partial charge in [0.05, 0.1) is 29.9 Å². The quantitative estimate of drug-likeness (QED) is 0.501. The number of nitrogens with two attached hydrogens (primary N) is 1. The smallest absolute Gasteiger partial charge is 0.331 e. The van der Waals surface area contributed by atoms with Crippen molar-refractivity contribution >= 4 is 22.8 Å². The van der Waals surface area contributed by atoms with Crippen LogP contribution in [-0.4, -0.2) is 62.7 Å². The van der Waals surface area contributed by atoms with Crippen molar-refractivity contribution in [1.82, 2.24) is 23.6 Å². The average Bonchev–Trinajstić information content (AvgIpc) is 3.23. The monoisotopic (exact) mass is 502 g/mol. The molecule has 0 spiro atoms. The van der Waals surface area contributed by atoms with E-state index in [1.54, 1.807) is 37.7 Å². The molecule has 1 saturated heterocycles. The van der Waals surface area contributed by atoms with Gasteiger partial charge in [-0.2, -0.15) is 5.26 Å². The molecule has 0 aromatic carbocycles. The van der Waals surface area contributed by atoms with E-state index in [9.17, 15) is 19.6 Å². The number of nitriles is 1. The van der Waals surface area contributed by atoms with E-state index in [2.05, 4.69) is 22.9 Å². The third-order valence-corrected chi connectivity index (χ3v) is 6.62. The molecular weight excluding hydrogens is 472 g/mol. The van der Waals surface area contributed by atoms with E-state index in [1.807, 2.05) is 4.90 Å². The zero-order chi connectivity index (χ0) is 26.9. The Balaban J connectivity index is 2.11. The third kappa shape index (κ3) is 4.50. The van der Waals surface area contributed by atoms with Crippen LogP contribution in [0.5, 0.6) is 0 Å². The number of hydrogen-bond acceptors (Lipinski definition) is 7. The number of amides is 1. The molecule has 11 nitrogen and oxygen atoms in total. The topological polar surface area (TPSA) is 135 Å². The molecular formula is C26H30N8O3. The minimum atomic E-state index is -0.611. The lowest BCUT2D eigenvalue weighted by Crippen LogP contribution is -2.44. The van der Waals surface area contributed by atoms with Crippen molar-refractivity contribution in [1.29, 1.82) is 5.26 Å². The molecule has 11 heteroatoms. The van der Waals surface area contributed by atoms with Crippen LogP contribution in [0, 0.1) is 23.2 Å². The Kier molecular flexibility index (Phi) is 7.18. The van der Waals surface area contributed by atoms with Gasteiger partial charge >= 0.3 is 5.69 Å². The maximum Gasteiger partial charge on any atom is 0.331 e. The molecule has 4 heterocycles. The molecule has 1 amide bonds. The lowest BCUT2D eigenvalue weighted by Gasteiger charge is -2.34. The number of nitrogens with zero attached hydrogens (tertiary/aromatic N) is 7. The van der Waals surface area contributed by atoms with Crippen LogP contribution in [0.2, 0.25) is 0 Å². The van der Waals surface area contributed by atoms with Gasteiger partial charge < -0.3 is 20.1 Å². The summed E-state index contributed by atoms with van der Waals surface area (Å²) in [6.07, 6.45) is 3.20. The number of carbonyl (C=O) groups excluding carboxylic acids is 1. The van der Waals surface area contributed by atoms with Gasteiger partial charge in [-0.3, -0.25) is 23.7 Å². The summed E-state index contributed by atoms with van der Waals surface area (Å²) >= 11 is 0. The number of aromatic nitrogens is 4. The van der Waals surface area contributed by atoms with Gasteiger partial charge in [0.15, 0.2) is 0 Å². The molecule has 3 aromatic heterocycles.